The van der Waals surface area contributed by atoms with Crippen molar-refractivity contribution in [1.29, 1.82) is 0 Å². The van der Waals surface area contributed by atoms with Gasteiger partial charge < -0.3 is 25.8 Å². The van der Waals surface area contributed by atoms with Crippen LogP contribution in [0, 0.1) is 11.7 Å². The Balaban J connectivity index is 1.57. The topological polar surface area (TPSA) is 125 Å². The highest BCUT2D eigenvalue weighted by atomic mass is 19.1. The number of anilines is 4. The highest BCUT2D eigenvalue weighted by Crippen LogP contribution is 2.29. The minimum absolute atomic E-state index is 0.00752. The van der Waals surface area contributed by atoms with Gasteiger partial charge in [0.15, 0.2) is 11.6 Å². The number of carboxylic acids is 1. The number of methoxy groups -OCH3 is 1. The first kappa shape index (κ1) is 25.9. The normalized spacial score (nSPS) is 19.6. The number of hydrogen-bond donors (Lipinski definition) is 4. The molecule has 0 bridgehead atoms. The molecule has 4 N–H and O–H groups in total. The monoisotopic (exact) mass is 501 g/mol. The van der Waals surface area contributed by atoms with Crippen molar-refractivity contribution >= 4 is 29.5 Å². The van der Waals surface area contributed by atoms with Crippen LogP contribution in [0.5, 0.6) is 5.75 Å². The molecule has 2 heterocycles. The van der Waals surface area contributed by atoms with E-state index in [0.29, 0.717) is 24.2 Å². The fourth-order valence-corrected chi connectivity index (χ4v) is 5.19. The van der Waals surface area contributed by atoms with Crippen LogP contribution < -0.4 is 20.7 Å². The van der Waals surface area contributed by atoms with Gasteiger partial charge in [0.05, 0.1) is 7.11 Å². The van der Waals surface area contributed by atoms with Crippen molar-refractivity contribution in [2.24, 2.45) is 5.92 Å². The predicted molar refractivity (Wildman–Crippen MR) is 136 cm³/mol. The number of carbonyl (C=O) groups is 1. The van der Waals surface area contributed by atoms with E-state index in [4.69, 9.17) is 4.74 Å². The summed E-state index contributed by atoms with van der Waals surface area (Å²) in [7, 11) is 1.41. The van der Waals surface area contributed by atoms with Gasteiger partial charge in [0.2, 0.25) is 17.8 Å². The second-order valence-corrected chi connectivity index (χ2v) is 9.44. The van der Waals surface area contributed by atoms with Crippen molar-refractivity contribution in [1.82, 2.24) is 19.9 Å². The van der Waals surface area contributed by atoms with Crippen molar-refractivity contribution < 1.29 is 19.0 Å². The van der Waals surface area contributed by atoms with Crippen LogP contribution in [-0.2, 0) is 4.79 Å². The third kappa shape index (κ3) is 6.51. The lowest BCUT2D eigenvalue weighted by Gasteiger charge is -2.28. The molecular weight excluding hydrogens is 465 g/mol. The molecule has 1 aromatic carbocycles. The van der Waals surface area contributed by atoms with E-state index in [1.807, 2.05) is 0 Å². The lowest BCUT2D eigenvalue weighted by Crippen LogP contribution is -2.38. The third-order valence-corrected chi connectivity index (χ3v) is 7.12. The zero-order valence-corrected chi connectivity index (χ0v) is 21.0. The largest absolute Gasteiger partial charge is 0.494 e. The maximum Gasteiger partial charge on any atom is 0.326 e. The molecule has 1 aliphatic carbocycles. The number of halogens is 1. The van der Waals surface area contributed by atoms with E-state index in [1.54, 1.807) is 6.07 Å². The number of aliphatic carboxylic acids is 1. The first-order valence-corrected chi connectivity index (χ1v) is 12.8. The van der Waals surface area contributed by atoms with E-state index in [2.05, 4.69) is 42.7 Å². The fraction of sp³-hybridized carbons (Fsp3) is 0.600. The van der Waals surface area contributed by atoms with Crippen molar-refractivity contribution in [3.05, 3.63) is 24.0 Å². The summed E-state index contributed by atoms with van der Waals surface area (Å²) in [5.74, 6) is -0.611. The number of likely N-dealkylation sites (tertiary alicyclic amines) is 1. The van der Waals surface area contributed by atoms with Crippen molar-refractivity contribution in [3.63, 3.8) is 0 Å². The van der Waals surface area contributed by atoms with E-state index in [0.717, 1.165) is 58.0 Å². The van der Waals surface area contributed by atoms with E-state index >= 15 is 0 Å². The van der Waals surface area contributed by atoms with E-state index in [9.17, 15) is 14.3 Å². The van der Waals surface area contributed by atoms with Gasteiger partial charge in [-0.25, -0.2) is 9.18 Å². The van der Waals surface area contributed by atoms with Crippen molar-refractivity contribution in [2.75, 3.05) is 42.7 Å². The van der Waals surface area contributed by atoms with Crippen LogP contribution in [0.15, 0.2) is 18.2 Å². The number of benzene rings is 1. The number of nitrogens with zero attached hydrogens (tertiary/aromatic N) is 4. The Kier molecular flexibility index (Phi) is 8.74. The maximum atomic E-state index is 14.2. The molecule has 2 aromatic rings. The molecule has 2 aliphatic rings. The number of rotatable bonds is 11. The third-order valence-electron chi connectivity index (χ3n) is 7.12. The first-order valence-electron chi connectivity index (χ1n) is 12.8. The van der Waals surface area contributed by atoms with Gasteiger partial charge in [-0.05, 0) is 56.8 Å². The molecule has 0 spiro atoms. The fourth-order valence-electron chi connectivity index (χ4n) is 5.19. The SMILES string of the molecule is CCN1CCCC1CNc1nc(Nc2ccc(OC)c(F)c2)nc(NC(C(=O)O)C2CCCCC2)n1. The summed E-state index contributed by atoms with van der Waals surface area (Å²) in [6.07, 6.45) is 7.12. The number of nitrogens with one attached hydrogen (secondary N) is 3. The Hall–Kier alpha value is -3.21. The highest BCUT2D eigenvalue weighted by Gasteiger charge is 2.30. The lowest BCUT2D eigenvalue weighted by molar-refractivity contribution is -0.139. The summed E-state index contributed by atoms with van der Waals surface area (Å²) in [5, 5.41) is 19.3. The Morgan fingerprint density at radius 1 is 1.14 bits per heavy atom. The molecule has 4 rings (SSSR count). The Morgan fingerprint density at radius 3 is 2.58 bits per heavy atom. The van der Waals surface area contributed by atoms with Crippen molar-refractivity contribution in [3.8, 4) is 5.75 Å². The quantitative estimate of drug-likeness (QED) is 0.358. The van der Waals surface area contributed by atoms with Crippen LogP contribution in [0.4, 0.5) is 27.9 Å². The standard InChI is InChI=1S/C25H36FN7O3/c1-3-33-13-7-10-18(33)15-27-23-30-24(28-17-11-12-20(36-2)19(26)14-17)32-25(31-23)29-21(22(34)35)16-8-5-4-6-9-16/h11-12,14,16,18,21H,3-10,13,15H2,1-2H3,(H,34,35)(H3,27,28,29,30,31,32). The average molecular weight is 502 g/mol. The summed E-state index contributed by atoms with van der Waals surface area (Å²) >= 11 is 0. The second-order valence-electron chi connectivity index (χ2n) is 9.44. The van der Waals surface area contributed by atoms with Crippen LogP contribution in [0.25, 0.3) is 0 Å². The number of likely N-dealkylation sites (N-methyl/N-ethyl adjacent to an activating group) is 1. The Labute approximate surface area is 211 Å². The number of hydrogen-bond acceptors (Lipinski definition) is 9. The van der Waals surface area contributed by atoms with Gasteiger partial charge >= 0.3 is 5.97 Å². The van der Waals surface area contributed by atoms with Gasteiger partial charge in [-0.3, -0.25) is 4.90 Å². The summed E-state index contributed by atoms with van der Waals surface area (Å²) in [5.41, 5.74) is 0.436. The first-order chi connectivity index (χ1) is 17.5. The smallest absolute Gasteiger partial charge is 0.326 e. The van der Waals surface area contributed by atoms with Gasteiger partial charge in [-0.1, -0.05) is 26.2 Å². The summed E-state index contributed by atoms with van der Waals surface area (Å²) < 4.78 is 19.2. The molecule has 36 heavy (non-hydrogen) atoms. The number of carboxylic acid groups (broad SMARTS) is 1. The minimum Gasteiger partial charge on any atom is -0.494 e. The number of ether oxygens (including phenoxy) is 1. The maximum absolute atomic E-state index is 14.2. The molecule has 2 unspecified atom stereocenters. The second kappa shape index (κ2) is 12.2. The van der Waals surface area contributed by atoms with E-state index in [1.165, 1.54) is 19.2 Å². The zero-order valence-electron chi connectivity index (χ0n) is 21.0. The molecule has 1 aliphatic heterocycles. The molecule has 10 nitrogen and oxygen atoms in total. The Morgan fingerprint density at radius 2 is 1.89 bits per heavy atom. The molecule has 196 valence electrons. The summed E-state index contributed by atoms with van der Waals surface area (Å²) in [6, 6.07) is 4.05. The van der Waals surface area contributed by atoms with Crippen LogP contribution in [-0.4, -0.2) is 69.8 Å². The molecule has 1 aromatic heterocycles. The van der Waals surface area contributed by atoms with Gasteiger partial charge in [-0.15, -0.1) is 0 Å². The number of aromatic nitrogens is 3. The average Bonchev–Trinajstić information content (AvgIpc) is 3.34. The molecule has 11 heteroatoms. The van der Waals surface area contributed by atoms with Gasteiger partial charge in [0.25, 0.3) is 0 Å². The van der Waals surface area contributed by atoms with Gasteiger partial charge in [0.1, 0.15) is 6.04 Å². The van der Waals surface area contributed by atoms with Crippen LogP contribution >= 0.6 is 0 Å². The molecular formula is C25H36FN7O3. The molecule has 1 saturated heterocycles. The highest BCUT2D eigenvalue weighted by molar-refractivity contribution is 5.77. The van der Waals surface area contributed by atoms with Crippen molar-refractivity contribution in [2.45, 2.75) is 64.0 Å². The summed E-state index contributed by atoms with van der Waals surface area (Å²) in [4.78, 5) is 27.9. The molecule has 2 atom stereocenters. The van der Waals surface area contributed by atoms with Crippen LogP contribution in [0.1, 0.15) is 51.9 Å². The Bertz CT molecular complexity index is 1030. The van der Waals surface area contributed by atoms with E-state index in [-0.39, 0.29) is 23.6 Å². The molecule has 0 amide bonds. The van der Waals surface area contributed by atoms with Gasteiger partial charge in [0, 0.05) is 24.3 Å². The summed E-state index contributed by atoms with van der Waals surface area (Å²) in [6.45, 7) is 4.87. The van der Waals surface area contributed by atoms with Crippen LogP contribution in [0.3, 0.4) is 0 Å². The van der Waals surface area contributed by atoms with E-state index < -0.39 is 17.8 Å². The molecule has 2 fully saturated rings. The minimum atomic E-state index is -0.923. The predicted octanol–water partition coefficient (Wildman–Crippen LogP) is 4.10. The van der Waals surface area contributed by atoms with Crippen LogP contribution in [0.2, 0.25) is 0 Å². The molecule has 0 radical (unpaired) electrons. The molecule has 1 saturated carbocycles. The zero-order chi connectivity index (χ0) is 25.5. The lowest BCUT2D eigenvalue weighted by atomic mass is 9.84. The van der Waals surface area contributed by atoms with Gasteiger partial charge in [-0.2, -0.15) is 15.0 Å².